The zero-order valence-electron chi connectivity index (χ0n) is 10.8. The minimum Gasteiger partial charge on any atom is -0.496 e. The predicted octanol–water partition coefficient (Wildman–Crippen LogP) is 2.18. The van der Waals surface area contributed by atoms with Crippen LogP contribution in [0.5, 0.6) is 17.2 Å². The lowest BCUT2D eigenvalue weighted by Gasteiger charge is -2.19. The summed E-state index contributed by atoms with van der Waals surface area (Å²) in [5, 5.41) is 0. The number of benzene rings is 1. The Morgan fingerprint density at radius 3 is 2.79 bits per heavy atom. The average Bonchev–Trinajstić information content (AvgIpc) is 3.21. The predicted molar refractivity (Wildman–Crippen MR) is 67.6 cm³/mol. The Morgan fingerprint density at radius 2 is 2.11 bits per heavy atom. The Morgan fingerprint density at radius 1 is 1.32 bits per heavy atom. The molecular weight excluding hydrogens is 246 g/mol. The number of carbonyl (C=O) groups excluding carboxylic acids is 1. The second-order valence-electron chi connectivity index (χ2n) is 4.76. The molecule has 1 heterocycles. The summed E-state index contributed by atoms with van der Waals surface area (Å²) in [6.45, 7) is 1.22. The van der Waals surface area contributed by atoms with Crippen LogP contribution in [0, 0.1) is 0 Å². The summed E-state index contributed by atoms with van der Waals surface area (Å²) in [6.07, 6.45) is 4.11. The van der Waals surface area contributed by atoms with Crippen LogP contribution in [0.4, 0.5) is 0 Å². The molecule has 0 saturated heterocycles. The quantitative estimate of drug-likeness (QED) is 0.618. The molecule has 1 fully saturated rings. The summed E-state index contributed by atoms with van der Waals surface area (Å²) in [6, 6.07) is 3.67. The van der Waals surface area contributed by atoms with Gasteiger partial charge >= 0.3 is 0 Å². The van der Waals surface area contributed by atoms with Crippen LogP contribution in [0.25, 0.3) is 0 Å². The first-order chi connectivity index (χ1) is 9.30. The van der Waals surface area contributed by atoms with Gasteiger partial charge in [-0.05, 0) is 25.0 Å². The van der Waals surface area contributed by atoms with E-state index in [9.17, 15) is 4.79 Å². The highest BCUT2D eigenvalue weighted by atomic mass is 16.5. The standard InChI is InChI=1S/C14H15NO4/c1-17-10-3-4-11-13(19-8-2-7-18-11)12(10)14(5-6-14)15-9-16/h3-4H,2,5-8H2,1H3. The highest BCUT2D eigenvalue weighted by Gasteiger charge is 2.50. The Balaban J connectivity index is 2.17. The Labute approximate surface area is 111 Å². The van der Waals surface area contributed by atoms with E-state index in [0.717, 1.165) is 24.8 Å². The van der Waals surface area contributed by atoms with E-state index >= 15 is 0 Å². The van der Waals surface area contributed by atoms with E-state index in [2.05, 4.69) is 4.99 Å². The molecule has 0 radical (unpaired) electrons. The molecule has 0 amide bonds. The molecule has 1 saturated carbocycles. The van der Waals surface area contributed by atoms with Gasteiger partial charge in [-0.3, -0.25) is 0 Å². The molecule has 5 heteroatoms. The maximum absolute atomic E-state index is 10.7. The SMILES string of the molecule is COc1ccc2c(c1C1(N=C=O)CC1)OCCCO2. The van der Waals surface area contributed by atoms with Crippen LogP contribution < -0.4 is 14.2 Å². The fourth-order valence-electron chi connectivity index (χ4n) is 2.45. The van der Waals surface area contributed by atoms with Gasteiger partial charge in [0, 0.05) is 6.42 Å². The molecule has 0 aromatic heterocycles. The molecule has 3 rings (SSSR count). The fraction of sp³-hybridized carbons (Fsp3) is 0.500. The molecule has 0 unspecified atom stereocenters. The van der Waals surface area contributed by atoms with Gasteiger partial charge in [0.05, 0.1) is 25.9 Å². The first kappa shape index (κ1) is 12.1. The van der Waals surface area contributed by atoms with E-state index in [1.807, 2.05) is 12.1 Å². The lowest BCUT2D eigenvalue weighted by molar-refractivity contribution is 0.294. The zero-order chi connectivity index (χ0) is 13.3. The van der Waals surface area contributed by atoms with Crippen LogP contribution in [0.2, 0.25) is 0 Å². The smallest absolute Gasteiger partial charge is 0.235 e. The second-order valence-corrected chi connectivity index (χ2v) is 4.76. The molecule has 1 aliphatic heterocycles. The monoisotopic (exact) mass is 261 g/mol. The van der Waals surface area contributed by atoms with Crippen molar-refractivity contribution in [2.75, 3.05) is 20.3 Å². The number of rotatable bonds is 3. The van der Waals surface area contributed by atoms with Crippen LogP contribution in [-0.4, -0.2) is 26.4 Å². The number of hydrogen-bond donors (Lipinski definition) is 0. The number of hydrogen-bond acceptors (Lipinski definition) is 5. The molecule has 100 valence electrons. The van der Waals surface area contributed by atoms with Crippen molar-refractivity contribution >= 4 is 6.08 Å². The van der Waals surface area contributed by atoms with E-state index in [1.165, 1.54) is 0 Å². The van der Waals surface area contributed by atoms with Gasteiger partial charge in [-0.2, -0.15) is 4.99 Å². The first-order valence-corrected chi connectivity index (χ1v) is 6.37. The Hall–Kier alpha value is -2.00. The molecule has 19 heavy (non-hydrogen) atoms. The van der Waals surface area contributed by atoms with E-state index in [1.54, 1.807) is 13.2 Å². The van der Waals surface area contributed by atoms with Crippen molar-refractivity contribution in [2.24, 2.45) is 4.99 Å². The Kier molecular flexibility index (Phi) is 2.91. The maximum Gasteiger partial charge on any atom is 0.235 e. The first-order valence-electron chi connectivity index (χ1n) is 6.37. The third-order valence-electron chi connectivity index (χ3n) is 3.54. The molecule has 0 spiro atoms. The van der Waals surface area contributed by atoms with Crippen LogP contribution in [0.1, 0.15) is 24.8 Å². The molecule has 0 N–H and O–H groups in total. The lowest BCUT2D eigenvalue weighted by atomic mass is 10.0. The van der Waals surface area contributed by atoms with Gasteiger partial charge < -0.3 is 14.2 Å². The van der Waals surface area contributed by atoms with Gasteiger partial charge in [-0.15, -0.1) is 0 Å². The summed E-state index contributed by atoms with van der Waals surface area (Å²) in [7, 11) is 1.60. The van der Waals surface area contributed by atoms with Crippen molar-refractivity contribution in [3.05, 3.63) is 17.7 Å². The van der Waals surface area contributed by atoms with Crippen molar-refractivity contribution < 1.29 is 19.0 Å². The zero-order valence-corrected chi connectivity index (χ0v) is 10.8. The summed E-state index contributed by atoms with van der Waals surface area (Å²) < 4.78 is 16.9. The minimum atomic E-state index is -0.536. The number of isocyanates is 1. The maximum atomic E-state index is 10.7. The van der Waals surface area contributed by atoms with Crippen LogP contribution in [0.3, 0.4) is 0 Å². The van der Waals surface area contributed by atoms with E-state index in [4.69, 9.17) is 14.2 Å². The number of ether oxygens (including phenoxy) is 3. The molecule has 5 nitrogen and oxygen atoms in total. The van der Waals surface area contributed by atoms with Crippen LogP contribution >= 0.6 is 0 Å². The third-order valence-corrected chi connectivity index (χ3v) is 3.54. The van der Waals surface area contributed by atoms with Gasteiger partial charge in [0.25, 0.3) is 0 Å². The van der Waals surface area contributed by atoms with Gasteiger partial charge in [-0.25, -0.2) is 4.79 Å². The second kappa shape index (κ2) is 4.59. The molecule has 2 aliphatic rings. The molecule has 0 bridgehead atoms. The molecule has 1 aromatic carbocycles. The number of nitrogens with zero attached hydrogens (tertiary/aromatic N) is 1. The van der Waals surface area contributed by atoms with Gasteiger partial charge in [0.2, 0.25) is 6.08 Å². The minimum absolute atomic E-state index is 0.536. The normalized spacial score (nSPS) is 19.0. The molecular formula is C14H15NO4. The van der Waals surface area contributed by atoms with Crippen molar-refractivity contribution in [2.45, 2.75) is 24.8 Å². The highest BCUT2D eigenvalue weighted by molar-refractivity contribution is 5.60. The summed E-state index contributed by atoms with van der Waals surface area (Å²) >= 11 is 0. The Bertz CT molecular complexity index is 545. The van der Waals surface area contributed by atoms with Crippen molar-refractivity contribution in [3.8, 4) is 17.2 Å². The van der Waals surface area contributed by atoms with Gasteiger partial charge in [0.1, 0.15) is 11.3 Å². The topological polar surface area (TPSA) is 57.1 Å². The molecule has 0 atom stereocenters. The van der Waals surface area contributed by atoms with Gasteiger partial charge in [-0.1, -0.05) is 0 Å². The third kappa shape index (κ3) is 1.96. The van der Waals surface area contributed by atoms with Crippen LogP contribution in [0.15, 0.2) is 17.1 Å². The summed E-state index contributed by atoms with van der Waals surface area (Å²) in [4.78, 5) is 14.6. The van der Waals surface area contributed by atoms with Crippen LogP contribution in [-0.2, 0) is 10.3 Å². The van der Waals surface area contributed by atoms with Crippen molar-refractivity contribution in [3.63, 3.8) is 0 Å². The number of fused-ring (bicyclic) bond motifs is 1. The van der Waals surface area contributed by atoms with Gasteiger partial charge in [0.15, 0.2) is 11.5 Å². The van der Waals surface area contributed by atoms with E-state index in [0.29, 0.717) is 30.5 Å². The fourth-order valence-corrected chi connectivity index (χ4v) is 2.45. The summed E-state index contributed by atoms with van der Waals surface area (Å²) in [5.41, 5.74) is 0.282. The molecule has 1 aromatic rings. The average molecular weight is 261 g/mol. The van der Waals surface area contributed by atoms with Crippen molar-refractivity contribution in [1.29, 1.82) is 0 Å². The van der Waals surface area contributed by atoms with E-state index in [-0.39, 0.29) is 0 Å². The largest absolute Gasteiger partial charge is 0.496 e. The lowest BCUT2D eigenvalue weighted by Crippen LogP contribution is -2.09. The number of methoxy groups -OCH3 is 1. The highest BCUT2D eigenvalue weighted by Crippen LogP contribution is 2.57. The van der Waals surface area contributed by atoms with Crippen molar-refractivity contribution in [1.82, 2.24) is 0 Å². The summed E-state index contributed by atoms with van der Waals surface area (Å²) in [5.74, 6) is 2.04. The number of aliphatic imine (C=N–C) groups is 1. The molecule has 1 aliphatic carbocycles. The van der Waals surface area contributed by atoms with E-state index < -0.39 is 5.54 Å².